The molecule has 1 atom stereocenters. The van der Waals surface area contributed by atoms with Crippen molar-refractivity contribution in [3.05, 3.63) is 35.6 Å². The third kappa shape index (κ3) is 2.38. The Balaban J connectivity index is 2.18. The molecule has 1 aliphatic rings. The van der Waals surface area contributed by atoms with Crippen LogP contribution in [0.1, 0.15) is 30.6 Å². The number of piperidine rings is 1. The zero-order valence-corrected chi connectivity index (χ0v) is 10.7. The molecule has 0 spiro atoms. The summed E-state index contributed by atoms with van der Waals surface area (Å²) in [6, 6.07) is 6.00. The quantitative estimate of drug-likeness (QED) is 0.830. The van der Waals surface area contributed by atoms with Crippen LogP contribution in [0.2, 0.25) is 0 Å². The third-order valence-electron chi connectivity index (χ3n) is 3.56. The lowest BCUT2D eigenvalue weighted by atomic mass is 9.81. The maximum Gasteiger partial charge on any atom is 0.256 e. The molecule has 2 rings (SSSR count). The molecule has 0 bridgehead atoms. The van der Waals surface area contributed by atoms with Gasteiger partial charge >= 0.3 is 0 Å². The van der Waals surface area contributed by atoms with Crippen molar-refractivity contribution in [2.24, 2.45) is 5.41 Å². The Kier molecular flexibility index (Phi) is 3.39. The molecule has 1 heterocycles. The summed E-state index contributed by atoms with van der Waals surface area (Å²) in [5.41, 5.74) is -0.246. The first-order valence-corrected chi connectivity index (χ1v) is 6.14. The molecule has 1 aromatic carbocycles. The minimum absolute atomic E-state index is 0.102. The molecule has 1 unspecified atom stereocenters. The van der Waals surface area contributed by atoms with Gasteiger partial charge < -0.3 is 10.0 Å². The van der Waals surface area contributed by atoms with Gasteiger partial charge in [0.2, 0.25) is 0 Å². The molecule has 0 saturated carbocycles. The predicted molar refractivity (Wildman–Crippen MR) is 66.7 cm³/mol. The van der Waals surface area contributed by atoms with E-state index in [1.54, 1.807) is 17.0 Å². The van der Waals surface area contributed by atoms with Gasteiger partial charge in [0.05, 0.1) is 11.7 Å². The number of halogens is 1. The Morgan fingerprint density at radius 1 is 1.44 bits per heavy atom. The summed E-state index contributed by atoms with van der Waals surface area (Å²) < 4.78 is 13.6. The number of carbonyl (C=O) groups excluding carboxylic acids is 1. The molecule has 18 heavy (non-hydrogen) atoms. The fraction of sp³-hybridized carbons (Fsp3) is 0.500. The number of amides is 1. The zero-order chi connectivity index (χ0) is 13.3. The lowest BCUT2D eigenvalue weighted by Crippen LogP contribution is -2.50. The smallest absolute Gasteiger partial charge is 0.256 e. The predicted octanol–water partition coefficient (Wildman–Crippen LogP) is 2.06. The molecule has 98 valence electrons. The fourth-order valence-corrected chi connectivity index (χ4v) is 2.32. The van der Waals surface area contributed by atoms with E-state index in [1.807, 2.05) is 13.8 Å². The van der Waals surface area contributed by atoms with Crippen molar-refractivity contribution in [2.75, 3.05) is 13.1 Å². The SMILES string of the molecule is CC1(C)CN(C(=O)c2ccccc2F)CCC1O. The first-order chi connectivity index (χ1) is 8.42. The number of aliphatic hydroxyl groups is 1. The van der Waals surface area contributed by atoms with Crippen molar-refractivity contribution in [1.82, 2.24) is 4.90 Å². The summed E-state index contributed by atoms with van der Waals surface area (Å²) in [4.78, 5) is 13.8. The highest BCUT2D eigenvalue weighted by Gasteiger charge is 2.36. The normalized spacial score (nSPS) is 22.9. The fourth-order valence-electron chi connectivity index (χ4n) is 2.32. The Bertz CT molecular complexity index is 459. The van der Waals surface area contributed by atoms with Crippen LogP contribution in [0.25, 0.3) is 0 Å². The second kappa shape index (κ2) is 4.69. The molecule has 1 aromatic rings. The second-order valence-electron chi connectivity index (χ2n) is 5.50. The number of aliphatic hydroxyl groups excluding tert-OH is 1. The van der Waals surface area contributed by atoms with Gasteiger partial charge in [-0.15, -0.1) is 0 Å². The van der Waals surface area contributed by atoms with Crippen LogP contribution in [0.5, 0.6) is 0 Å². The van der Waals surface area contributed by atoms with E-state index in [-0.39, 0.29) is 16.9 Å². The maximum absolute atomic E-state index is 13.6. The van der Waals surface area contributed by atoms with Gasteiger partial charge in [-0.1, -0.05) is 26.0 Å². The maximum atomic E-state index is 13.6. The molecule has 0 aromatic heterocycles. The minimum Gasteiger partial charge on any atom is -0.392 e. The summed E-state index contributed by atoms with van der Waals surface area (Å²) in [7, 11) is 0. The van der Waals surface area contributed by atoms with E-state index in [4.69, 9.17) is 0 Å². The lowest BCUT2D eigenvalue weighted by Gasteiger charge is -2.41. The Morgan fingerprint density at radius 2 is 2.11 bits per heavy atom. The highest BCUT2D eigenvalue weighted by atomic mass is 19.1. The van der Waals surface area contributed by atoms with Gasteiger partial charge in [0.25, 0.3) is 5.91 Å². The van der Waals surface area contributed by atoms with Crippen molar-refractivity contribution in [3.8, 4) is 0 Å². The summed E-state index contributed by atoms with van der Waals surface area (Å²) in [6.45, 7) is 4.75. The Labute approximate surface area is 106 Å². The number of benzene rings is 1. The van der Waals surface area contributed by atoms with Crippen molar-refractivity contribution in [1.29, 1.82) is 0 Å². The van der Waals surface area contributed by atoms with Crippen LogP contribution in [0.4, 0.5) is 4.39 Å². The number of likely N-dealkylation sites (tertiary alicyclic amines) is 1. The average molecular weight is 251 g/mol. The zero-order valence-electron chi connectivity index (χ0n) is 10.7. The van der Waals surface area contributed by atoms with Gasteiger partial charge in [-0.2, -0.15) is 0 Å². The van der Waals surface area contributed by atoms with Gasteiger partial charge in [0.15, 0.2) is 0 Å². The molecule has 0 radical (unpaired) electrons. The van der Waals surface area contributed by atoms with Crippen LogP contribution in [-0.2, 0) is 0 Å². The largest absolute Gasteiger partial charge is 0.392 e. The van der Waals surface area contributed by atoms with Gasteiger partial charge in [-0.3, -0.25) is 4.79 Å². The summed E-state index contributed by atoms with van der Waals surface area (Å²) in [6.07, 6.45) is 0.120. The van der Waals surface area contributed by atoms with Crippen LogP contribution < -0.4 is 0 Å². The standard InChI is InChI=1S/C14H18FNO2/c1-14(2)9-16(8-7-12(14)17)13(18)10-5-3-4-6-11(10)15/h3-6,12,17H,7-9H2,1-2H3. The molecule has 1 amide bonds. The molecule has 3 nitrogen and oxygen atoms in total. The first kappa shape index (κ1) is 13.0. The number of hydrogen-bond donors (Lipinski definition) is 1. The van der Waals surface area contributed by atoms with E-state index in [2.05, 4.69) is 0 Å². The van der Waals surface area contributed by atoms with E-state index >= 15 is 0 Å². The minimum atomic E-state index is -0.494. The van der Waals surface area contributed by atoms with Crippen molar-refractivity contribution < 1.29 is 14.3 Å². The van der Waals surface area contributed by atoms with Crippen LogP contribution in [0, 0.1) is 11.2 Å². The Morgan fingerprint density at radius 3 is 2.72 bits per heavy atom. The number of carbonyl (C=O) groups is 1. The third-order valence-corrected chi connectivity index (χ3v) is 3.56. The van der Waals surface area contributed by atoms with E-state index in [9.17, 15) is 14.3 Å². The van der Waals surface area contributed by atoms with Crippen LogP contribution in [0.3, 0.4) is 0 Å². The highest BCUT2D eigenvalue weighted by Crippen LogP contribution is 2.30. The summed E-state index contributed by atoms with van der Waals surface area (Å²) in [5, 5.41) is 9.85. The van der Waals surface area contributed by atoms with Gasteiger partial charge in [-0.05, 0) is 18.6 Å². The highest BCUT2D eigenvalue weighted by molar-refractivity contribution is 5.94. The van der Waals surface area contributed by atoms with Crippen LogP contribution in [0.15, 0.2) is 24.3 Å². The monoisotopic (exact) mass is 251 g/mol. The van der Waals surface area contributed by atoms with Gasteiger partial charge in [0.1, 0.15) is 5.82 Å². The molecule has 1 fully saturated rings. The van der Waals surface area contributed by atoms with Crippen LogP contribution in [-0.4, -0.2) is 35.1 Å². The van der Waals surface area contributed by atoms with Gasteiger partial charge in [0, 0.05) is 18.5 Å². The first-order valence-electron chi connectivity index (χ1n) is 6.14. The number of rotatable bonds is 1. The Hall–Kier alpha value is -1.42. The molecule has 1 saturated heterocycles. The van der Waals surface area contributed by atoms with E-state index < -0.39 is 11.9 Å². The molecule has 4 heteroatoms. The topological polar surface area (TPSA) is 40.5 Å². The van der Waals surface area contributed by atoms with E-state index in [0.29, 0.717) is 19.5 Å². The lowest BCUT2D eigenvalue weighted by molar-refractivity contribution is -0.0183. The molecular formula is C14H18FNO2. The van der Waals surface area contributed by atoms with Crippen LogP contribution >= 0.6 is 0 Å². The van der Waals surface area contributed by atoms with Crippen molar-refractivity contribution >= 4 is 5.91 Å². The second-order valence-corrected chi connectivity index (χ2v) is 5.50. The van der Waals surface area contributed by atoms with Gasteiger partial charge in [-0.25, -0.2) is 4.39 Å². The van der Waals surface area contributed by atoms with Crippen molar-refractivity contribution in [3.63, 3.8) is 0 Å². The summed E-state index contributed by atoms with van der Waals surface area (Å²) >= 11 is 0. The average Bonchev–Trinajstić information content (AvgIpc) is 2.32. The van der Waals surface area contributed by atoms with E-state index in [1.165, 1.54) is 12.1 Å². The summed E-state index contributed by atoms with van der Waals surface area (Å²) in [5.74, 6) is -0.792. The van der Waals surface area contributed by atoms with E-state index in [0.717, 1.165) is 0 Å². The number of hydrogen-bond acceptors (Lipinski definition) is 2. The van der Waals surface area contributed by atoms with Crippen molar-refractivity contribution in [2.45, 2.75) is 26.4 Å². The molecule has 0 aliphatic carbocycles. The number of nitrogens with zero attached hydrogens (tertiary/aromatic N) is 1. The molecule has 1 N–H and O–H groups in total. The molecular weight excluding hydrogens is 233 g/mol. The molecule has 1 aliphatic heterocycles.